The molecule has 1 aliphatic carbocycles. The third-order valence-electron chi connectivity index (χ3n) is 3.39. The minimum absolute atomic E-state index is 0.104. The van der Waals surface area contributed by atoms with Gasteiger partial charge in [-0.2, -0.15) is 12.6 Å². The number of rotatable bonds is 5. The molecule has 1 saturated carbocycles. The number of hydrogen-bond donors (Lipinski definition) is 1. The number of benzene rings is 1. The first-order valence-electron chi connectivity index (χ1n) is 6.00. The van der Waals surface area contributed by atoms with Gasteiger partial charge in [0.1, 0.15) is 6.10 Å². The SMILES string of the molecule is CC(OC(=O)CC1(CS)CC1)c1ccccc1. The first-order valence-corrected chi connectivity index (χ1v) is 6.64. The average molecular weight is 250 g/mol. The third kappa shape index (κ3) is 3.25. The Morgan fingerprint density at radius 1 is 1.41 bits per heavy atom. The lowest BCUT2D eigenvalue weighted by atomic mass is 10.1. The number of thiol groups is 1. The summed E-state index contributed by atoms with van der Waals surface area (Å²) in [5.74, 6) is 0.676. The minimum Gasteiger partial charge on any atom is -0.458 e. The molecule has 1 aromatic carbocycles. The van der Waals surface area contributed by atoms with Crippen molar-refractivity contribution in [2.24, 2.45) is 5.41 Å². The molecule has 1 fully saturated rings. The lowest BCUT2D eigenvalue weighted by molar-refractivity contribution is -0.149. The van der Waals surface area contributed by atoms with Crippen molar-refractivity contribution in [2.45, 2.75) is 32.3 Å². The van der Waals surface area contributed by atoms with Crippen molar-refractivity contribution in [3.05, 3.63) is 35.9 Å². The normalized spacial score (nSPS) is 18.5. The molecule has 1 aromatic rings. The van der Waals surface area contributed by atoms with Gasteiger partial charge in [-0.05, 0) is 36.5 Å². The maximum absolute atomic E-state index is 11.8. The van der Waals surface area contributed by atoms with Crippen LogP contribution in [0.3, 0.4) is 0 Å². The van der Waals surface area contributed by atoms with E-state index in [9.17, 15) is 4.79 Å². The summed E-state index contributed by atoms with van der Waals surface area (Å²) in [5.41, 5.74) is 1.17. The van der Waals surface area contributed by atoms with E-state index in [1.807, 2.05) is 37.3 Å². The zero-order valence-corrected chi connectivity index (χ0v) is 11.0. The van der Waals surface area contributed by atoms with Crippen molar-refractivity contribution < 1.29 is 9.53 Å². The maximum atomic E-state index is 11.8. The van der Waals surface area contributed by atoms with E-state index in [4.69, 9.17) is 4.74 Å². The van der Waals surface area contributed by atoms with E-state index in [1.165, 1.54) is 0 Å². The fourth-order valence-electron chi connectivity index (χ4n) is 1.90. The highest BCUT2D eigenvalue weighted by Crippen LogP contribution is 2.49. The highest BCUT2D eigenvalue weighted by Gasteiger charge is 2.43. The number of carbonyl (C=O) groups excluding carboxylic acids is 1. The van der Waals surface area contributed by atoms with Gasteiger partial charge in [0.2, 0.25) is 0 Å². The predicted molar refractivity (Wildman–Crippen MR) is 71.1 cm³/mol. The van der Waals surface area contributed by atoms with Crippen LogP contribution in [0.5, 0.6) is 0 Å². The van der Waals surface area contributed by atoms with Gasteiger partial charge < -0.3 is 4.74 Å². The molecule has 1 aliphatic rings. The lowest BCUT2D eigenvalue weighted by Crippen LogP contribution is -2.15. The van der Waals surface area contributed by atoms with Gasteiger partial charge in [-0.3, -0.25) is 4.79 Å². The summed E-state index contributed by atoms with van der Waals surface area (Å²) in [5, 5.41) is 0. The molecule has 0 saturated heterocycles. The topological polar surface area (TPSA) is 26.3 Å². The van der Waals surface area contributed by atoms with Crippen molar-refractivity contribution in [3.63, 3.8) is 0 Å². The van der Waals surface area contributed by atoms with Crippen LogP contribution in [0.25, 0.3) is 0 Å². The molecule has 0 N–H and O–H groups in total. The molecule has 92 valence electrons. The smallest absolute Gasteiger partial charge is 0.306 e. The zero-order chi connectivity index (χ0) is 12.3. The summed E-state index contributed by atoms with van der Waals surface area (Å²) in [6.45, 7) is 1.91. The van der Waals surface area contributed by atoms with Crippen molar-refractivity contribution in [1.29, 1.82) is 0 Å². The molecule has 0 spiro atoms. The third-order valence-corrected chi connectivity index (χ3v) is 4.06. The van der Waals surface area contributed by atoms with Crippen molar-refractivity contribution in [2.75, 3.05) is 5.75 Å². The van der Waals surface area contributed by atoms with Crippen LogP contribution in [0.1, 0.15) is 37.9 Å². The second-order valence-corrected chi connectivity index (χ2v) is 5.19. The van der Waals surface area contributed by atoms with Crippen LogP contribution in [0, 0.1) is 5.41 Å². The van der Waals surface area contributed by atoms with Gasteiger partial charge in [-0.1, -0.05) is 30.3 Å². The van der Waals surface area contributed by atoms with Gasteiger partial charge in [0.15, 0.2) is 0 Å². The zero-order valence-electron chi connectivity index (χ0n) is 10.1. The van der Waals surface area contributed by atoms with Crippen molar-refractivity contribution in [1.82, 2.24) is 0 Å². The molecule has 0 aromatic heterocycles. The van der Waals surface area contributed by atoms with Crippen LogP contribution >= 0.6 is 12.6 Å². The summed E-state index contributed by atoms with van der Waals surface area (Å²) in [6, 6.07) is 9.82. The molecule has 0 bridgehead atoms. The Labute approximate surface area is 108 Å². The van der Waals surface area contributed by atoms with Gasteiger partial charge in [0.05, 0.1) is 6.42 Å². The van der Waals surface area contributed by atoms with Gasteiger partial charge in [-0.15, -0.1) is 0 Å². The fraction of sp³-hybridized carbons (Fsp3) is 0.500. The average Bonchev–Trinajstić information content (AvgIpc) is 3.10. The fourth-order valence-corrected chi connectivity index (χ4v) is 2.33. The number of carbonyl (C=O) groups is 1. The molecule has 17 heavy (non-hydrogen) atoms. The Balaban J connectivity index is 1.87. The van der Waals surface area contributed by atoms with Crippen LogP contribution in [0.2, 0.25) is 0 Å². The number of esters is 1. The minimum atomic E-state index is -0.167. The number of ether oxygens (including phenoxy) is 1. The molecular weight excluding hydrogens is 232 g/mol. The van der Waals surface area contributed by atoms with E-state index in [0.29, 0.717) is 6.42 Å². The first-order chi connectivity index (χ1) is 8.15. The summed E-state index contributed by atoms with van der Waals surface area (Å²) in [7, 11) is 0. The van der Waals surface area contributed by atoms with E-state index in [1.54, 1.807) is 0 Å². The second-order valence-electron chi connectivity index (χ2n) is 4.88. The molecule has 0 radical (unpaired) electrons. The van der Waals surface area contributed by atoms with Crippen LogP contribution in [0.15, 0.2) is 30.3 Å². The molecule has 1 atom stereocenters. The maximum Gasteiger partial charge on any atom is 0.306 e. The molecule has 0 amide bonds. The Morgan fingerprint density at radius 3 is 2.59 bits per heavy atom. The molecule has 2 nitrogen and oxygen atoms in total. The Kier molecular flexibility index (Phi) is 3.77. The largest absolute Gasteiger partial charge is 0.458 e. The molecule has 0 aliphatic heterocycles. The highest BCUT2D eigenvalue weighted by atomic mass is 32.1. The molecule has 0 heterocycles. The van der Waals surface area contributed by atoms with E-state index >= 15 is 0 Å². The van der Waals surface area contributed by atoms with Crippen LogP contribution in [-0.4, -0.2) is 11.7 Å². The summed E-state index contributed by atoms with van der Waals surface area (Å²) < 4.78 is 5.44. The van der Waals surface area contributed by atoms with Gasteiger partial charge in [0, 0.05) is 0 Å². The van der Waals surface area contributed by atoms with Gasteiger partial charge in [0.25, 0.3) is 0 Å². The van der Waals surface area contributed by atoms with E-state index < -0.39 is 0 Å². The second kappa shape index (κ2) is 5.13. The van der Waals surface area contributed by atoms with Crippen LogP contribution in [0.4, 0.5) is 0 Å². The Bertz CT molecular complexity index is 384. The van der Waals surface area contributed by atoms with Gasteiger partial charge in [-0.25, -0.2) is 0 Å². The number of hydrogen-bond acceptors (Lipinski definition) is 3. The molecule has 2 rings (SSSR count). The predicted octanol–water partition coefficient (Wildman–Crippen LogP) is 3.39. The highest BCUT2D eigenvalue weighted by molar-refractivity contribution is 7.80. The van der Waals surface area contributed by atoms with Crippen LogP contribution in [-0.2, 0) is 9.53 Å². The first kappa shape index (κ1) is 12.5. The molecule has 3 heteroatoms. The summed E-state index contributed by atoms with van der Waals surface area (Å²) >= 11 is 4.29. The van der Waals surface area contributed by atoms with Crippen molar-refractivity contribution in [3.8, 4) is 0 Å². The quantitative estimate of drug-likeness (QED) is 0.640. The Hall–Kier alpha value is -0.960. The molecular formula is C14H18O2S. The van der Waals surface area contributed by atoms with Gasteiger partial charge >= 0.3 is 5.97 Å². The van der Waals surface area contributed by atoms with E-state index in [2.05, 4.69) is 12.6 Å². The van der Waals surface area contributed by atoms with Crippen LogP contribution < -0.4 is 0 Å². The monoisotopic (exact) mass is 250 g/mol. The summed E-state index contributed by atoms with van der Waals surface area (Å²) in [6.07, 6.45) is 2.55. The van der Waals surface area contributed by atoms with E-state index in [-0.39, 0.29) is 17.5 Å². The van der Waals surface area contributed by atoms with Crippen molar-refractivity contribution >= 4 is 18.6 Å². The lowest BCUT2D eigenvalue weighted by Gasteiger charge is -2.16. The van der Waals surface area contributed by atoms with E-state index in [0.717, 1.165) is 24.2 Å². The molecule has 1 unspecified atom stereocenters. The summed E-state index contributed by atoms with van der Waals surface area (Å²) in [4.78, 5) is 11.8. The standard InChI is InChI=1S/C14H18O2S/c1-11(12-5-3-2-4-6-12)16-13(15)9-14(10-17)7-8-14/h2-6,11,17H,7-10H2,1H3. The Morgan fingerprint density at radius 2 is 2.06 bits per heavy atom.